The second kappa shape index (κ2) is 23.2. The van der Waals surface area contributed by atoms with Crippen molar-refractivity contribution in [1.82, 2.24) is 24.9 Å². The van der Waals surface area contributed by atoms with Gasteiger partial charge < -0.3 is 21.3 Å². The molecule has 0 radical (unpaired) electrons. The number of aliphatic carboxylic acids is 1. The standard InChI is InChI=1S/C25H45FN6O6.C5H8/c1-20(22(3)27)6-4-5-7-28-23(34)17-30-10-13-31(18-24(35)36)12-8-29(16-21(2)33)9-14-32(15-11-30)19-25(37)38-26;1-4-5(2)3/h20,33H,2-19,27H2,1H3,(H,28,34)(H,35,36);4H,1-2H2,3H3. The third kappa shape index (κ3) is 22.0. The molecule has 1 aliphatic heterocycles. The van der Waals surface area contributed by atoms with Crippen molar-refractivity contribution in [1.29, 1.82) is 0 Å². The Hall–Kier alpha value is -3.26. The van der Waals surface area contributed by atoms with Gasteiger partial charge in [0.1, 0.15) is 6.54 Å². The van der Waals surface area contributed by atoms with Gasteiger partial charge in [0.15, 0.2) is 0 Å². The van der Waals surface area contributed by atoms with Crippen molar-refractivity contribution in [3.8, 4) is 0 Å². The Bertz CT molecular complexity index is 918. The first kappa shape index (κ1) is 39.7. The van der Waals surface area contributed by atoms with E-state index >= 15 is 0 Å². The first-order valence-corrected chi connectivity index (χ1v) is 14.6. The summed E-state index contributed by atoms with van der Waals surface area (Å²) >= 11 is 0. The van der Waals surface area contributed by atoms with Crippen molar-refractivity contribution < 1.29 is 34.1 Å². The summed E-state index contributed by atoms with van der Waals surface area (Å²) in [6, 6.07) is 0. The van der Waals surface area contributed by atoms with E-state index in [9.17, 15) is 29.1 Å². The quantitative estimate of drug-likeness (QED) is 0.122. The lowest BCUT2D eigenvalue weighted by Crippen LogP contribution is -2.49. The number of aliphatic hydroxyl groups excluding tert-OH is 1. The maximum atomic E-state index is 12.6. The van der Waals surface area contributed by atoms with Gasteiger partial charge >= 0.3 is 11.9 Å². The van der Waals surface area contributed by atoms with Gasteiger partial charge in [0.2, 0.25) is 5.91 Å². The number of aliphatic hydroxyl groups is 1. The van der Waals surface area contributed by atoms with Gasteiger partial charge in [0, 0.05) is 69.1 Å². The Balaban J connectivity index is 0.00000324. The molecule has 1 fully saturated rings. The number of amides is 1. The van der Waals surface area contributed by atoms with Gasteiger partial charge in [0.05, 0.1) is 25.4 Å². The van der Waals surface area contributed by atoms with Gasteiger partial charge in [-0.3, -0.25) is 34.1 Å². The van der Waals surface area contributed by atoms with E-state index in [0.29, 0.717) is 64.6 Å². The van der Waals surface area contributed by atoms with E-state index in [-0.39, 0.29) is 43.8 Å². The first-order chi connectivity index (χ1) is 20.3. The van der Waals surface area contributed by atoms with Gasteiger partial charge in [-0.25, -0.2) is 4.79 Å². The van der Waals surface area contributed by atoms with Crippen molar-refractivity contribution in [3.05, 3.63) is 49.4 Å². The van der Waals surface area contributed by atoms with Gasteiger partial charge in [-0.15, -0.1) is 0 Å². The molecular weight excluding hydrogens is 559 g/mol. The number of hydrogen-bond donors (Lipinski definition) is 4. The average Bonchev–Trinajstić information content (AvgIpc) is 2.93. The molecule has 0 spiro atoms. The van der Waals surface area contributed by atoms with Crippen molar-refractivity contribution in [2.24, 2.45) is 11.7 Å². The van der Waals surface area contributed by atoms with Crippen LogP contribution in [0.2, 0.25) is 0 Å². The summed E-state index contributed by atoms with van der Waals surface area (Å²) < 4.78 is 12.4. The SMILES string of the molecule is C=C(O)CN1CCN(CC(=O)O)CCN(CC(=O)NCCCCC(C)C(=C)N)CCN(CC(=O)OF)CC1.C=CC(=C)C. The third-order valence-corrected chi connectivity index (χ3v) is 6.87. The van der Waals surface area contributed by atoms with E-state index < -0.39 is 11.9 Å². The molecule has 0 aromatic heterocycles. The minimum atomic E-state index is -1.01. The second-order valence-corrected chi connectivity index (χ2v) is 10.9. The highest BCUT2D eigenvalue weighted by atomic mass is 19.3. The largest absolute Gasteiger partial charge is 0.512 e. The van der Waals surface area contributed by atoms with Crippen molar-refractivity contribution in [2.75, 3.05) is 85.1 Å². The fourth-order valence-corrected chi connectivity index (χ4v) is 4.12. The molecule has 12 nitrogen and oxygen atoms in total. The zero-order valence-corrected chi connectivity index (χ0v) is 26.1. The van der Waals surface area contributed by atoms with Crippen LogP contribution in [-0.4, -0.2) is 133 Å². The molecule has 0 bridgehead atoms. The Morgan fingerprint density at radius 2 is 1.33 bits per heavy atom. The number of carbonyl (C=O) groups excluding carboxylic acids is 2. The van der Waals surface area contributed by atoms with Crippen molar-refractivity contribution in [3.63, 3.8) is 0 Å². The molecule has 1 heterocycles. The van der Waals surface area contributed by atoms with E-state index in [4.69, 9.17) is 5.73 Å². The molecule has 1 amide bonds. The third-order valence-electron chi connectivity index (χ3n) is 6.87. The number of hydrogen-bond acceptors (Lipinski definition) is 10. The lowest BCUT2D eigenvalue weighted by molar-refractivity contribution is -0.184. The van der Waals surface area contributed by atoms with Crippen LogP contribution in [0, 0.1) is 5.92 Å². The smallest absolute Gasteiger partial charge is 0.362 e. The molecule has 246 valence electrons. The lowest BCUT2D eigenvalue weighted by Gasteiger charge is -2.33. The fraction of sp³-hybridized carbons (Fsp3) is 0.633. The number of nitrogens with one attached hydrogen (secondary N) is 1. The topological polar surface area (TPSA) is 152 Å². The molecule has 0 saturated carbocycles. The molecule has 1 rings (SSSR count). The molecule has 43 heavy (non-hydrogen) atoms. The van der Waals surface area contributed by atoms with Crippen LogP contribution in [0.25, 0.3) is 0 Å². The minimum absolute atomic E-state index is 0.0341. The van der Waals surface area contributed by atoms with Crippen LogP contribution in [-0.2, 0) is 19.3 Å². The van der Waals surface area contributed by atoms with E-state index in [0.717, 1.165) is 24.8 Å². The molecular formula is C30H53FN6O6. The van der Waals surface area contributed by atoms with Gasteiger partial charge in [-0.1, -0.05) is 51.3 Å². The van der Waals surface area contributed by atoms with Gasteiger partial charge in [-0.2, -0.15) is 0 Å². The average molecular weight is 613 g/mol. The first-order valence-electron chi connectivity index (χ1n) is 14.6. The Morgan fingerprint density at radius 3 is 1.72 bits per heavy atom. The molecule has 0 aromatic rings. The second-order valence-electron chi connectivity index (χ2n) is 10.9. The Morgan fingerprint density at radius 1 is 0.884 bits per heavy atom. The molecule has 1 unspecified atom stereocenters. The summed E-state index contributed by atoms with van der Waals surface area (Å²) in [4.78, 5) is 46.3. The fourth-order valence-electron chi connectivity index (χ4n) is 4.12. The molecule has 1 saturated heterocycles. The number of nitrogens with two attached hydrogens (primary N) is 1. The monoisotopic (exact) mass is 612 g/mol. The summed E-state index contributed by atoms with van der Waals surface area (Å²) in [6.07, 6.45) is 4.34. The molecule has 13 heteroatoms. The number of carbonyl (C=O) groups is 3. The van der Waals surface area contributed by atoms with Crippen molar-refractivity contribution in [2.45, 2.75) is 33.1 Å². The minimum Gasteiger partial charge on any atom is -0.512 e. The molecule has 1 atom stereocenters. The van der Waals surface area contributed by atoms with E-state index in [1.165, 1.54) is 0 Å². The van der Waals surface area contributed by atoms with Crippen LogP contribution in [0.15, 0.2) is 49.4 Å². The summed E-state index contributed by atoms with van der Waals surface area (Å²) in [5, 5.41) is 21.9. The Labute approximate surface area is 256 Å². The van der Waals surface area contributed by atoms with E-state index in [1.807, 2.05) is 23.6 Å². The molecule has 5 N–H and O–H groups in total. The summed E-state index contributed by atoms with van der Waals surface area (Å²) in [5.74, 6) is -1.93. The van der Waals surface area contributed by atoms with E-state index in [1.54, 1.807) is 15.9 Å². The van der Waals surface area contributed by atoms with Crippen LogP contribution in [0.1, 0.15) is 33.1 Å². The maximum absolute atomic E-state index is 12.6. The normalized spacial score (nSPS) is 16.7. The van der Waals surface area contributed by atoms with Crippen LogP contribution < -0.4 is 11.1 Å². The summed E-state index contributed by atoms with van der Waals surface area (Å²) in [7, 11) is 0. The van der Waals surface area contributed by atoms with Crippen LogP contribution >= 0.6 is 0 Å². The number of rotatable bonds is 15. The molecule has 1 aliphatic rings. The molecule has 0 aliphatic carbocycles. The van der Waals surface area contributed by atoms with Crippen LogP contribution in [0.3, 0.4) is 0 Å². The predicted molar refractivity (Wildman–Crippen MR) is 167 cm³/mol. The predicted octanol–water partition coefficient (Wildman–Crippen LogP) is 1.94. The summed E-state index contributed by atoms with van der Waals surface area (Å²) in [6.45, 7) is 21.9. The summed E-state index contributed by atoms with van der Waals surface area (Å²) in [5.41, 5.74) is 7.38. The number of carboxylic acid groups (broad SMARTS) is 1. The maximum Gasteiger partial charge on any atom is 0.362 e. The number of carboxylic acids is 1. The zero-order chi connectivity index (χ0) is 32.8. The Kier molecular flexibility index (Phi) is 21.5. The van der Waals surface area contributed by atoms with Crippen LogP contribution in [0.5, 0.6) is 0 Å². The highest BCUT2D eigenvalue weighted by molar-refractivity contribution is 5.78. The lowest BCUT2D eigenvalue weighted by atomic mass is 10.0. The molecule has 0 aromatic carbocycles. The van der Waals surface area contributed by atoms with E-state index in [2.05, 4.69) is 36.6 Å². The van der Waals surface area contributed by atoms with Gasteiger partial charge in [-0.05, 0) is 25.7 Å². The van der Waals surface area contributed by atoms with Gasteiger partial charge in [0.25, 0.3) is 0 Å². The number of nitrogens with zero attached hydrogens (tertiary/aromatic N) is 4. The number of unbranched alkanes of at least 4 members (excludes halogenated alkanes) is 1. The zero-order valence-electron chi connectivity index (χ0n) is 26.1. The number of halogens is 1. The van der Waals surface area contributed by atoms with Crippen molar-refractivity contribution >= 4 is 17.8 Å². The van der Waals surface area contributed by atoms with Crippen LogP contribution in [0.4, 0.5) is 4.53 Å². The highest BCUT2D eigenvalue weighted by Crippen LogP contribution is 2.11. The number of allylic oxidation sites excluding steroid dienone is 3. The highest BCUT2D eigenvalue weighted by Gasteiger charge is 2.21.